The molecule has 1 aliphatic heterocycles. The zero-order chi connectivity index (χ0) is 6.36. The Balaban J connectivity index is 2.39. The van der Waals surface area contributed by atoms with E-state index in [1.54, 1.807) is 0 Å². The first-order valence-corrected chi connectivity index (χ1v) is 2.96. The summed E-state index contributed by atoms with van der Waals surface area (Å²) in [6, 6.07) is 0. The number of nitrogens with zero attached hydrogens (tertiary/aromatic N) is 1. The molecule has 0 spiro atoms. The molecule has 0 aromatic heterocycles. The van der Waals surface area contributed by atoms with Gasteiger partial charge >= 0.3 is 0 Å². The summed E-state index contributed by atoms with van der Waals surface area (Å²) in [5.74, 6) is 0. The minimum atomic E-state index is -0.157. The first-order valence-electron chi connectivity index (χ1n) is 2.96. The molecule has 0 radical (unpaired) electrons. The van der Waals surface area contributed by atoms with Gasteiger partial charge in [0, 0.05) is 12.1 Å². The molecule has 2 atom stereocenters. The molecule has 0 bridgehead atoms. The second-order valence-electron chi connectivity index (χ2n) is 3.30. The van der Waals surface area contributed by atoms with Gasteiger partial charge in [-0.25, -0.2) is 0 Å². The second-order valence-corrected chi connectivity index (χ2v) is 3.30. The number of aliphatic hydroxyl groups excluding tert-OH is 1. The van der Waals surface area contributed by atoms with Crippen LogP contribution in [0.4, 0.5) is 0 Å². The maximum Gasteiger partial charge on any atom is 0.120 e. The van der Waals surface area contributed by atoms with E-state index in [0.29, 0.717) is 0 Å². The number of hydrogen-bond donors (Lipinski definition) is 1. The molecule has 48 valence electrons. The van der Waals surface area contributed by atoms with Crippen LogP contribution in [0.15, 0.2) is 0 Å². The molecule has 2 unspecified atom stereocenters. The van der Waals surface area contributed by atoms with Gasteiger partial charge in [0.15, 0.2) is 0 Å². The predicted molar refractivity (Wildman–Crippen MR) is 32.5 cm³/mol. The Morgan fingerprint density at radius 3 is 1.88 bits per heavy atom. The summed E-state index contributed by atoms with van der Waals surface area (Å²) >= 11 is 0. The van der Waals surface area contributed by atoms with Crippen molar-refractivity contribution in [1.29, 1.82) is 0 Å². The highest BCUT2D eigenvalue weighted by Gasteiger charge is 2.40. The lowest BCUT2D eigenvalue weighted by Crippen LogP contribution is -2.27. The molecule has 2 heteroatoms. The second kappa shape index (κ2) is 1.45. The Hall–Kier alpha value is -0.0800. The molecule has 1 heterocycles. The van der Waals surface area contributed by atoms with Crippen LogP contribution >= 0.6 is 0 Å². The Kier molecular flexibility index (Phi) is 1.10. The molecule has 0 aromatic rings. The van der Waals surface area contributed by atoms with E-state index in [0.717, 1.165) is 6.54 Å². The summed E-state index contributed by atoms with van der Waals surface area (Å²) in [5.41, 5.74) is 0.166. The van der Waals surface area contributed by atoms with Crippen molar-refractivity contribution in [3.63, 3.8) is 0 Å². The van der Waals surface area contributed by atoms with E-state index in [9.17, 15) is 0 Å². The average Bonchev–Trinajstić information content (AvgIpc) is 2.13. The molecule has 0 aliphatic carbocycles. The van der Waals surface area contributed by atoms with E-state index in [-0.39, 0.29) is 11.8 Å². The van der Waals surface area contributed by atoms with Crippen molar-refractivity contribution in [2.24, 2.45) is 0 Å². The predicted octanol–water partition coefficient (Wildman–Crippen LogP) is 0.419. The van der Waals surface area contributed by atoms with Crippen LogP contribution in [-0.2, 0) is 0 Å². The van der Waals surface area contributed by atoms with Gasteiger partial charge in [-0.3, -0.25) is 4.90 Å². The number of rotatable bonds is 0. The van der Waals surface area contributed by atoms with Gasteiger partial charge in [-0.1, -0.05) is 0 Å². The van der Waals surface area contributed by atoms with Crippen molar-refractivity contribution in [1.82, 2.24) is 4.90 Å². The molecule has 1 fully saturated rings. The Morgan fingerprint density at radius 1 is 1.50 bits per heavy atom. The van der Waals surface area contributed by atoms with Crippen molar-refractivity contribution in [3.05, 3.63) is 0 Å². The Labute approximate surface area is 50.1 Å². The molecule has 8 heavy (non-hydrogen) atoms. The van der Waals surface area contributed by atoms with Gasteiger partial charge in [0.2, 0.25) is 0 Å². The molecule has 2 nitrogen and oxygen atoms in total. The lowest BCUT2D eigenvalue weighted by atomic mass is 10.1. The fourth-order valence-electron chi connectivity index (χ4n) is 0.850. The normalized spacial score (nSPS) is 37.5. The monoisotopic (exact) mass is 115 g/mol. The van der Waals surface area contributed by atoms with E-state index < -0.39 is 0 Å². The summed E-state index contributed by atoms with van der Waals surface area (Å²) in [5, 5.41) is 8.89. The Bertz CT molecular complexity index is 95.2. The van der Waals surface area contributed by atoms with Crippen LogP contribution < -0.4 is 0 Å². The van der Waals surface area contributed by atoms with Gasteiger partial charge in [0.05, 0.1) is 0 Å². The van der Waals surface area contributed by atoms with Gasteiger partial charge < -0.3 is 5.11 Å². The van der Waals surface area contributed by atoms with Gasteiger partial charge in [0.25, 0.3) is 0 Å². The van der Waals surface area contributed by atoms with Crippen LogP contribution in [0, 0.1) is 0 Å². The highest BCUT2D eigenvalue weighted by atomic mass is 16.3. The number of aliphatic hydroxyl groups is 1. The summed E-state index contributed by atoms with van der Waals surface area (Å²) < 4.78 is 0. The first kappa shape index (κ1) is 6.05. The molecule has 1 saturated heterocycles. The van der Waals surface area contributed by atoms with Crippen molar-refractivity contribution < 1.29 is 5.11 Å². The fourth-order valence-corrected chi connectivity index (χ4v) is 0.850. The third-order valence-corrected chi connectivity index (χ3v) is 1.45. The molecule has 1 aliphatic rings. The molecule has 0 aromatic carbocycles. The van der Waals surface area contributed by atoms with Crippen LogP contribution in [0.3, 0.4) is 0 Å². The van der Waals surface area contributed by atoms with Crippen LogP contribution in [0.2, 0.25) is 0 Å². The lowest BCUT2D eigenvalue weighted by Gasteiger charge is -2.19. The SMILES string of the molecule is CC(C)(C)N1CC1O. The van der Waals surface area contributed by atoms with E-state index >= 15 is 0 Å². The highest BCUT2D eigenvalue weighted by molar-refractivity contribution is 4.90. The van der Waals surface area contributed by atoms with E-state index in [1.165, 1.54) is 0 Å². The summed E-state index contributed by atoms with van der Waals surface area (Å²) in [4.78, 5) is 2.03. The average molecular weight is 115 g/mol. The fraction of sp³-hybridized carbons (Fsp3) is 1.00. The third-order valence-electron chi connectivity index (χ3n) is 1.45. The van der Waals surface area contributed by atoms with Gasteiger partial charge in [-0.2, -0.15) is 0 Å². The lowest BCUT2D eigenvalue weighted by molar-refractivity contribution is 0.153. The summed E-state index contributed by atoms with van der Waals surface area (Å²) in [6.45, 7) is 7.15. The molecule has 0 amide bonds. The zero-order valence-corrected chi connectivity index (χ0v) is 5.68. The van der Waals surface area contributed by atoms with Crippen LogP contribution in [-0.4, -0.2) is 28.3 Å². The largest absolute Gasteiger partial charge is 0.377 e. The minimum absolute atomic E-state index is 0.157. The van der Waals surface area contributed by atoms with E-state index in [2.05, 4.69) is 20.8 Å². The summed E-state index contributed by atoms with van der Waals surface area (Å²) in [7, 11) is 0. The highest BCUT2D eigenvalue weighted by Crippen LogP contribution is 2.26. The maximum atomic E-state index is 8.89. The molecule has 0 saturated carbocycles. The quantitative estimate of drug-likeness (QED) is 0.462. The minimum Gasteiger partial charge on any atom is -0.377 e. The molecule has 1 N–H and O–H groups in total. The first-order chi connectivity index (χ1) is 3.52. The Morgan fingerprint density at radius 2 is 1.88 bits per heavy atom. The van der Waals surface area contributed by atoms with Gasteiger partial charge in [-0.15, -0.1) is 0 Å². The molecular formula is C6H13NO. The zero-order valence-electron chi connectivity index (χ0n) is 5.68. The maximum absolute atomic E-state index is 8.89. The van der Waals surface area contributed by atoms with Crippen LogP contribution in [0.5, 0.6) is 0 Å². The number of hydrogen-bond acceptors (Lipinski definition) is 2. The van der Waals surface area contributed by atoms with E-state index in [4.69, 9.17) is 5.11 Å². The summed E-state index contributed by atoms with van der Waals surface area (Å²) in [6.07, 6.45) is -0.157. The van der Waals surface area contributed by atoms with Crippen LogP contribution in [0.25, 0.3) is 0 Å². The van der Waals surface area contributed by atoms with Crippen molar-refractivity contribution in [2.45, 2.75) is 32.5 Å². The van der Waals surface area contributed by atoms with Gasteiger partial charge in [0.1, 0.15) is 6.23 Å². The standard InChI is InChI=1S/C6H13NO/c1-6(2,3)7-4-5(7)8/h5,8H,4H2,1-3H3. The van der Waals surface area contributed by atoms with Crippen molar-refractivity contribution in [2.75, 3.05) is 6.54 Å². The molecule has 1 rings (SSSR count). The van der Waals surface area contributed by atoms with Crippen molar-refractivity contribution >= 4 is 0 Å². The van der Waals surface area contributed by atoms with Crippen molar-refractivity contribution in [3.8, 4) is 0 Å². The molecular weight excluding hydrogens is 102 g/mol. The number of β-amino-alcohol motifs (C(OH)–C–C–N with tert-alkyl or cyclic N) is 1. The third kappa shape index (κ3) is 1.01. The topological polar surface area (TPSA) is 23.2 Å². The smallest absolute Gasteiger partial charge is 0.120 e. The van der Waals surface area contributed by atoms with Crippen LogP contribution in [0.1, 0.15) is 20.8 Å². The van der Waals surface area contributed by atoms with Gasteiger partial charge in [-0.05, 0) is 20.8 Å². The van der Waals surface area contributed by atoms with E-state index in [1.807, 2.05) is 4.90 Å².